The number of carboxylic acid groups (broad SMARTS) is 3. The van der Waals surface area contributed by atoms with E-state index >= 15 is 0 Å². The number of hydrogen-bond acceptors (Lipinski definition) is 9. The van der Waals surface area contributed by atoms with Crippen molar-refractivity contribution >= 4 is 17.9 Å². The number of rotatable bonds is 9. The van der Waals surface area contributed by atoms with E-state index < -0.39 is 17.9 Å². The van der Waals surface area contributed by atoms with Gasteiger partial charge in [0.15, 0.2) is 6.29 Å². The van der Waals surface area contributed by atoms with Gasteiger partial charge >= 0.3 is 17.9 Å². The molecule has 2 bridgehead atoms. The van der Waals surface area contributed by atoms with Crippen molar-refractivity contribution in [3.63, 3.8) is 0 Å². The molecule has 0 radical (unpaired) electrons. The fourth-order valence-electron chi connectivity index (χ4n) is 8.15. The lowest BCUT2D eigenvalue weighted by Crippen LogP contribution is -2.64. The first-order valence-corrected chi connectivity index (χ1v) is 18.1. The van der Waals surface area contributed by atoms with Crippen LogP contribution in [0.2, 0.25) is 0 Å². The Morgan fingerprint density at radius 1 is 0.562 bits per heavy atom. The number of ether oxygens (including phenoxy) is 2. The van der Waals surface area contributed by atoms with E-state index in [9.17, 15) is 29.7 Å². The molecule has 0 aromatic heterocycles. The highest BCUT2D eigenvalue weighted by Crippen LogP contribution is 2.59. The Morgan fingerprint density at radius 3 is 1.29 bits per heavy atom. The quantitative estimate of drug-likeness (QED) is 0.350. The van der Waals surface area contributed by atoms with Gasteiger partial charge in [0.25, 0.3) is 0 Å². The molecule has 268 valence electrons. The van der Waals surface area contributed by atoms with Crippen LogP contribution in [0.3, 0.4) is 0 Å². The van der Waals surface area contributed by atoms with E-state index in [0.717, 1.165) is 36.8 Å². The van der Waals surface area contributed by atoms with Gasteiger partial charge in [-0.15, -0.1) is 0 Å². The largest absolute Gasteiger partial charge is 0.480 e. The van der Waals surface area contributed by atoms with E-state index in [1.807, 2.05) is 9.80 Å². The monoisotopic (exact) mass is 672 g/mol. The number of fused-ring (bicyclic) bond motifs is 2. The lowest BCUT2D eigenvalue weighted by Gasteiger charge is -2.62. The van der Waals surface area contributed by atoms with E-state index in [1.165, 1.54) is 51.4 Å². The highest BCUT2D eigenvalue weighted by atomic mass is 16.7. The predicted octanol–water partition coefficient (Wildman–Crippen LogP) is 3.89. The maximum Gasteiger partial charge on any atom is 0.317 e. The molecule has 1 aromatic rings. The Labute approximate surface area is 284 Å². The Hall–Kier alpha value is -2.61. The zero-order valence-electron chi connectivity index (χ0n) is 28.5. The van der Waals surface area contributed by atoms with Crippen LogP contribution in [0, 0.1) is 0 Å². The van der Waals surface area contributed by atoms with Gasteiger partial charge in [0.05, 0.1) is 30.8 Å². The molecule has 1 aromatic carbocycles. The summed E-state index contributed by atoms with van der Waals surface area (Å²) in [4.78, 5) is 42.4. The second kappa shape index (κ2) is 17.4. The number of hydrogen-bond donors (Lipinski definition) is 3. The van der Waals surface area contributed by atoms with Gasteiger partial charge in [0.1, 0.15) is 0 Å². The highest BCUT2D eigenvalue weighted by Gasteiger charge is 2.61. The summed E-state index contributed by atoms with van der Waals surface area (Å²) < 4.78 is 13.5. The zero-order valence-corrected chi connectivity index (χ0v) is 28.5. The molecule has 3 saturated heterocycles. The van der Waals surface area contributed by atoms with Crippen molar-refractivity contribution in [2.24, 2.45) is 0 Å². The maximum atomic E-state index is 11.6. The zero-order chi connectivity index (χ0) is 34.0. The van der Waals surface area contributed by atoms with Gasteiger partial charge < -0.3 is 24.8 Å². The van der Waals surface area contributed by atoms with Gasteiger partial charge in [-0.1, -0.05) is 75.6 Å². The minimum absolute atomic E-state index is 0.0661. The third kappa shape index (κ3) is 10.9. The van der Waals surface area contributed by atoms with Gasteiger partial charge in [0, 0.05) is 77.3 Å². The van der Waals surface area contributed by atoms with Crippen molar-refractivity contribution < 1.29 is 39.2 Å². The fourth-order valence-corrected chi connectivity index (χ4v) is 8.15. The molecule has 2 aliphatic carbocycles. The van der Waals surface area contributed by atoms with Gasteiger partial charge in [-0.3, -0.25) is 34.0 Å². The Kier molecular flexibility index (Phi) is 13.3. The van der Waals surface area contributed by atoms with Crippen LogP contribution in [0.15, 0.2) is 24.3 Å². The van der Waals surface area contributed by atoms with Crippen LogP contribution in [-0.2, 0) is 30.4 Å². The smallest absolute Gasteiger partial charge is 0.317 e. The van der Waals surface area contributed by atoms with Crippen LogP contribution >= 0.6 is 0 Å². The fraction of sp³-hybridized carbons (Fsp3) is 0.750. The molecule has 2 saturated carbocycles. The molecule has 0 amide bonds. The Bertz CT molecular complexity index is 1150. The average Bonchev–Trinajstić information content (AvgIpc) is 3.04. The van der Waals surface area contributed by atoms with Crippen LogP contribution < -0.4 is 0 Å². The van der Waals surface area contributed by atoms with Gasteiger partial charge in [-0.25, -0.2) is 0 Å². The van der Waals surface area contributed by atoms with Crippen molar-refractivity contribution in [3.05, 3.63) is 35.4 Å². The van der Waals surface area contributed by atoms with Crippen LogP contribution in [0.25, 0.3) is 0 Å². The number of aliphatic carboxylic acids is 3. The lowest BCUT2D eigenvalue weighted by atomic mass is 9.62. The minimum atomic E-state index is -0.965. The third-order valence-electron chi connectivity index (χ3n) is 10.7. The molecule has 5 aliphatic rings. The van der Waals surface area contributed by atoms with Crippen LogP contribution in [-0.4, -0.2) is 136 Å². The van der Waals surface area contributed by atoms with Gasteiger partial charge in [0.2, 0.25) is 0 Å². The van der Waals surface area contributed by atoms with Crippen molar-refractivity contribution in [2.75, 3.05) is 72.0 Å². The van der Waals surface area contributed by atoms with E-state index in [0.29, 0.717) is 58.9 Å². The first-order valence-electron chi connectivity index (χ1n) is 18.1. The predicted molar refractivity (Wildman–Crippen MR) is 180 cm³/mol. The number of nitrogens with zero attached hydrogens (tertiary/aromatic N) is 4. The molecule has 0 spiro atoms. The van der Waals surface area contributed by atoms with Crippen LogP contribution in [0.4, 0.5) is 0 Å². The maximum absolute atomic E-state index is 11.6. The SMILES string of the molecule is O=C(O)CN1CCN(CC(=O)O)CCN(Cc2ccc(C3OC45CCCCCCCCCCC(C4)(C5)O3)cc2)CCN(CC(=O)O)CC1. The van der Waals surface area contributed by atoms with Crippen molar-refractivity contribution in [3.8, 4) is 0 Å². The minimum Gasteiger partial charge on any atom is -0.480 e. The molecular weight excluding hydrogens is 616 g/mol. The number of carbonyl (C=O) groups is 3. The second-order valence-electron chi connectivity index (χ2n) is 14.6. The first-order chi connectivity index (χ1) is 23.1. The number of benzene rings is 1. The summed E-state index contributed by atoms with van der Waals surface area (Å²) in [5.41, 5.74) is 2.01. The summed E-state index contributed by atoms with van der Waals surface area (Å²) in [6, 6.07) is 8.46. The molecule has 5 fully saturated rings. The van der Waals surface area contributed by atoms with Crippen molar-refractivity contribution in [1.82, 2.24) is 19.6 Å². The molecule has 3 N–H and O–H groups in total. The lowest BCUT2D eigenvalue weighted by molar-refractivity contribution is -0.396. The average molecular weight is 673 g/mol. The topological polar surface area (TPSA) is 143 Å². The van der Waals surface area contributed by atoms with Gasteiger partial charge in [-0.05, 0) is 18.4 Å². The highest BCUT2D eigenvalue weighted by molar-refractivity contribution is 5.69. The summed E-state index contributed by atoms with van der Waals surface area (Å²) in [5.74, 6) is -2.81. The summed E-state index contributed by atoms with van der Waals surface area (Å²) in [7, 11) is 0. The molecule has 3 aliphatic heterocycles. The van der Waals surface area contributed by atoms with E-state index in [1.54, 1.807) is 4.90 Å². The van der Waals surface area contributed by atoms with Crippen molar-refractivity contribution in [2.45, 2.75) is 101 Å². The molecule has 0 atom stereocenters. The Morgan fingerprint density at radius 2 is 0.917 bits per heavy atom. The van der Waals surface area contributed by atoms with E-state index in [2.05, 4.69) is 29.2 Å². The molecule has 3 heterocycles. The molecular formula is C36H56N4O8. The van der Waals surface area contributed by atoms with E-state index in [4.69, 9.17) is 9.47 Å². The van der Waals surface area contributed by atoms with Crippen LogP contribution in [0.5, 0.6) is 0 Å². The molecule has 12 heteroatoms. The normalized spacial score (nSPS) is 29.5. The first kappa shape index (κ1) is 36.7. The van der Waals surface area contributed by atoms with Crippen molar-refractivity contribution in [1.29, 1.82) is 0 Å². The molecule has 12 nitrogen and oxygen atoms in total. The molecule has 6 rings (SSSR count). The third-order valence-corrected chi connectivity index (χ3v) is 10.7. The van der Waals surface area contributed by atoms with Crippen LogP contribution in [0.1, 0.15) is 94.5 Å². The molecule has 0 unspecified atom stereocenters. The second-order valence-corrected chi connectivity index (χ2v) is 14.6. The Balaban J connectivity index is 1.25. The van der Waals surface area contributed by atoms with E-state index in [-0.39, 0.29) is 37.1 Å². The summed E-state index contributed by atoms with van der Waals surface area (Å²) in [6.07, 6.45) is 14.2. The summed E-state index contributed by atoms with van der Waals surface area (Å²) >= 11 is 0. The number of carboxylic acids is 3. The van der Waals surface area contributed by atoms with Gasteiger partial charge in [-0.2, -0.15) is 0 Å². The standard InChI is InChI=1S/C36H56N4O8/c41-31(42)24-38-17-15-37(16-18-39(25-32(43)44)20-22-40(21-19-38)26-33(45)46)23-29-9-11-30(12-10-29)34-47-35-13-7-5-3-1-2-4-6-8-14-36(27-35,28-35)48-34/h9-12,34H,1-8,13-28H2,(H,41,42)(H,43,44)(H,45,46). The summed E-state index contributed by atoms with van der Waals surface area (Å²) in [5, 5.41) is 28.5. The molecule has 48 heavy (non-hydrogen) atoms. The summed E-state index contributed by atoms with van der Waals surface area (Å²) in [6.45, 7) is 3.97.